The van der Waals surface area contributed by atoms with E-state index in [1.54, 1.807) is 0 Å². The molecule has 133 valence electrons. The van der Waals surface area contributed by atoms with Crippen LogP contribution in [0.15, 0.2) is 78.9 Å². The SMILES string of the molecule is C=CC1=C(C(=C)c2ccc(C(C)(C)C)cc2)C=C(CC)C1C.[CH2]C=C. The first kappa shape index (κ1) is 21.0. The number of hydrogen-bond donors (Lipinski definition) is 0. The second-order valence-electron chi connectivity index (χ2n) is 7.46. The largest absolute Gasteiger partial charge is 0.103 e. The minimum absolute atomic E-state index is 0.183. The van der Waals surface area contributed by atoms with Crippen molar-refractivity contribution in [1.29, 1.82) is 0 Å². The van der Waals surface area contributed by atoms with Crippen LogP contribution in [0.4, 0.5) is 0 Å². The van der Waals surface area contributed by atoms with E-state index in [9.17, 15) is 0 Å². The Balaban J connectivity index is 0.000000970. The number of benzene rings is 1. The van der Waals surface area contributed by atoms with Gasteiger partial charge in [0.15, 0.2) is 0 Å². The van der Waals surface area contributed by atoms with Crippen LogP contribution in [0.25, 0.3) is 5.57 Å². The molecule has 1 atom stereocenters. The van der Waals surface area contributed by atoms with Crippen molar-refractivity contribution in [2.45, 2.75) is 46.5 Å². The van der Waals surface area contributed by atoms with Crippen LogP contribution in [-0.2, 0) is 5.41 Å². The van der Waals surface area contributed by atoms with Crippen molar-refractivity contribution in [3.63, 3.8) is 0 Å². The van der Waals surface area contributed by atoms with Crippen LogP contribution in [0.1, 0.15) is 52.2 Å². The Labute approximate surface area is 155 Å². The summed E-state index contributed by atoms with van der Waals surface area (Å²) in [5.41, 5.74) is 7.87. The Morgan fingerprint density at radius 2 is 1.64 bits per heavy atom. The first-order chi connectivity index (χ1) is 11.7. The van der Waals surface area contributed by atoms with Crippen molar-refractivity contribution in [3.05, 3.63) is 97.0 Å². The molecule has 1 aliphatic rings. The average Bonchev–Trinajstić information content (AvgIpc) is 2.90. The first-order valence-electron chi connectivity index (χ1n) is 8.98. The monoisotopic (exact) mass is 333 g/mol. The predicted octanol–water partition coefficient (Wildman–Crippen LogP) is 7.47. The van der Waals surface area contributed by atoms with Gasteiger partial charge >= 0.3 is 0 Å². The third kappa shape index (κ3) is 4.95. The maximum absolute atomic E-state index is 4.35. The van der Waals surface area contributed by atoms with Crippen molar-refractivity contribution >= 4 is 5.57 Å². The molecule has 0 aromatic heterocycles. The van der Waals surface area contributed by atoms with Gasteiger partial charge in [-0.05, 0) is 46.6 Å². The van der Waals surface area contributed by atoms with Gasteiger partial charge in [-0.15, -0.1) is 6.58 Å². The van der Waals surface area contributed by atoms with Gasteiger partial charge in [0.25, 0.3) is 0 Å². The molecule has 0 spiro atoms. The fourth-order valence-electron chi connectivity index (χ4n) is 3.11. The molecule has 1 radical (unpaired) electrons. The van der Waals surface area contributed by atoms with E-state index in [1.807, 2.05) is 6.08 Å². The predicted molar refractivity (Wildman–Crippen MR) is 114 cm³/mol. The molecule has 0 saturated carbocycles. The Hall–Kier alpha value is -2.08. The Bertz CT molecular complexity index is 685. The maximum Gasteiger partial charge on any atom is 0.00289 e. The van der Waals surface area contributed by atoms with Gasteiger partial charge in [0.1, 0.15) is 0 Å². The standard InChI is InChI=1S/C22H28.C3H5/c1-8-17-14-21(20(9-2)15(17)3)16(4)18-10-12-19(13-11-18)22(5,6)7;1-3-2/h9-15H,2,4,8H2,1,3,5-7H3;3H,1-2H2. The summed E-state index contributed by atoms with van der Waals surface area (Å²) >= 11 is 0. The second-order valence-corrected chi connectivity index (χ2v) is 7.46. The molecule has 25 heavy (non-hydrogen) atoms. The van der Waals surface area contributed by atoms with Crippen LogP contribution in [0.2, 0.25) is 0 Å². The zero-order valence-corrected chi connectivity index (χ0v) is 16.7. The van der Waals surface area contributed by atoms with Gasteiger partial charge in [-0.1, -0.05) is 95.8 Å². The smallest absolute Gasteiger partial charge is 0.00289 e. The summed E-state index contributed by atoms with van der Waals surface area (Å²) in [5, 5.41) is 0. The van der Waals surface area contributed by atoms with E-state index in [2.05, 4.69) is 91.6 Å². The van der Waals surface area contributed by atoms with Gasteiger partial charge in [0.2, 0.25) is 0 Å². The van der Waals surface area contributed by atoms with Gasteiger partial charge in [-0.3, -0.25) is 0 Å². The van der Waals surface area contributed by atoms with Crippen LogP contribution in [0.5, 0.6) is 0 Å². The van der Waals surface area contributed by atoms with Gasteiger partial charge in [-0.25, -0.2) is 0 Å². The summed E-state index contributed by atoms with van der Waals surface area (Å²) in [6.45, 7) is 26.0. The fraction of sp³-hybridized carbons (Fsp3) is 0.320. The summed E-state index contributed by atoms with van der Waals surface area (Å²) in [7, 11) is 0. The normalized spacial score (nSPS) is 16.7. The van der Waals surface area contributed by atoms with E-state index < -0.39 is 0 Å². The van der Waals surface area contributed by atoms with Gasteiger partial charge in [-0.2, -0.15) is 0 Å². The molecule has 0 heteroatoms. The molecule has 1 aromatic rings. The average molecular weight is 334 g/mol. The summed E-state index contributed by atoms with van der Waals surface area (Å²) < 4.78 is 0. The quantitative estimate of drug-likeness (QED) is 0.536. The summed E-state index contributed by atoms with van der Waals surface area (Å²) in [6.07, 6.45) is 6.88. The zero-order chi connectivity index (χ0) is 19.2. The lowest BCUT2D eigenvalue weighted by atomic mass is 9.85. The molecule has 0 aliphatic heterocycles. The Morgan fingerprint density at radius 3 is 2.04 bits per heavy atom. The van der Waals surface area contributed by atoms with Crippen LogP contribution in [0.3, 0.4) is 0 Å². The molecule has 0 heterocycles. The highest BCUT2D eigenvalue weighted by Gasteiger charge is 2.23. The highest BCUT2D eigenvalue weighted by molar-refractivity contribution is 5.83. The maximum atomic E-state index is 4.35. The molecular formula is C25H33. The van der Waals surface area contributed by atoms with Crippen LogP contribution >= 0.6 is 0 Å². The Morgan fingerprint density at radius 1 is 1.12 bits per heavy atom. The van der Waals surface area contributed by atoms with E-state index in [0.29, 0.717) is 5.92 Å². The fourth-order valence-corrected chi connectivity index (χ4v) is 3.11. The number of rotatable bonds is 4. The van der Waals surface area contributed by atoms with Crippen LogP contribution in [0, 0.1) is 12.8 Å². The van der Waals surface area contributed by atoms with Crippen LogP contribution < -0.4 is 0 Å². The van der Waals surface area contributed by atoms with E-state index in [4.69, 9.17) is 0 Å². The lowest BCUT2D eigenvalue weighted by Crippen LogP contribution is -2.10. The topological polar surface area (TPSA) is 0 Å². The number of hydrogen-bond acceptors (Lipinski definition) is 0. The molecule has 2 rings (SSSR count). The first-order valence-corrected chi connectivity index (χ1v) is 8.98. The molecule has 1 aromatic carbocycles. The summed E-state index contributed by atoms with van der Waals surface area (Å²) in [4.78, 5) is 0. The molecular weight excluding hydrogens is 300 g/mol. The van der Waals surface area contributed by atoms with Crippen molar-refractivity contribution in [2.75, 3.05) is 0 Å². The van der Waals surface area contributed by atoms with E-state index in [0.717, 1.165) is 12.0 Å². The van der Waals surface area contributed by atoms with Gasteiger partial charge in [0, 0.05) is 5.92 Å². The molecule has 0 N–H and O–H groups in total. The minimum atomic E-state index is 0.183. The van der Waals surface area contributed by atoms with Gasteiger partial charge in [0.05, 0.1) is 0 Å². The second kappa shape index (κ2) is 8.85. The molecule has 1 unspecified atom stereocenters. The summed E-state index contributed by atoms with van der Waals surface area (Å²) in [5.74, 6) is 0.461. The molecule has 0 amide bonds. The third-order valence-corrected chi connectivity index (χ3v) is 4.72. The van der Waals surface area contributed by atoms with Crippen molar-refractivity contribution < 1.29 is 0 Å². The zero-order valence-electron chi connectivity index (χ0n) is 16.7. The van der Waals surface area contributed by atoms with E-state index in [1.165, 1.54) is 33.9 Å². The van der Waals surface area contributed by atoms with Crippen molar-refractivity contribution in [3.8, 4) is 0 Å². The molecule has 0 nitrogen and oxygen atoms in total. The number of allylic oxidation sites excluding steroid dienone is 7. The third-order valence-electron chi connectivity index (χ3n) is 4.72. The molecule has 1 aliphatic carbocycles. The molecule has 0 saturated heterocycles. The summed E-state index contributed by atoms with van der Waals surface area (Å²) in [6, 6.07) is 8.83. The molecule has 0 bridgehead atoms. The van der Waals surface area contributed by atoms with E-state index in [-0.39, 0.29) is 5.41 Å². The van der Waals surface area contributed by atoms with Crippen LogP contribution in [-0.4, -0.2) is 0 Å². The van der Waals surface area contributed by atoms with Gasteiger partial charge < -0.3 is 0 Å². The lowest BCUT2D eigenvalue weighted by molar-refractivity contribution is 0.590. The highest BCUT2D eigenvalue weighted by atomic mass is 14.3. The van der Waals surface area contributed by atoms with Crippen molar-refractivity contribution in [1.82, 2.24) is 0 Å². The Kier molecular flexibility index (Phi) is 7.42. The molecule has 0 fully saturated rings. The lowest BCUT2D eigenvalue weighted by Gasteiger charge is -2.19. The van der Waals surface area contributed by atoms with E-state index >= 15 is 0 Å². The minimum Gasteiger partial charge on any atom is -0.103 e. The highest BCUT2D eigenvalue weighted by Crippen LogP contribution is 2.39. The van der Waals surface area contributed by atoms with Crippen molar-refractivity contribution in [2.24, 2.45) is 5.92 Å².